The third-order valence-corrected chi connectivity index (χ3v) is 6.35. The van der Waals surface area contributed by atoms with E-state index in [2.05, 4.69) is 10.6 Å². The van der Waals surface area contributed by atoms with E-state index in [0.29, 0.717) is 17.9 Å². The number of carbonyl (C=O) groups excluding carboxylic acids is 2. The SMILES string of the molecule is O=C(C[C@@H]1C[C@H]2c3cc(NC(=O)NC4CCCC4)ccc3O[C@H]2[C@H](CO)O1)NCC(F)(F)F. The van der Waals surface area contributed by atoms with Gasteiger partial charge in [-0.15, -0.1) is 0 Å². The average Bonchev–Trinajstić information content (AvgIpc) is 3.39. The molecule has 0 unspecified atom stereocenters. The van der Waals surface area contributed by atoms with Crippen LogP contribution in [-0.4, -0.2) is 60.7 Å². The molecule has 0 spiro atoms. The fraction of sp³-hybridized carbons (Fsp3) is 0.636. The van der Waals surface area contributed by atoms with Gasteiger partial charge in [0.05, 0.1) is 19.1 Å². The number of aliphatic hydroxyl groups excluding tert-OH is 1. The number of fused-ring (bicyclic) bond motifs is 3. The Balaban J connectivity index is 1.41. The maximum Gasteiger partial charge on any atom is 0.405 e. The lowest BCUT2D eigenvalue weighted by Crippen LogP contribution is -2.47. The van der Waals surface area contributed by atoms with Crippen LogP contribution >= 0.6 is 0 Å². The molecule has 4 rings (SSSR count). The number of halogens is 3. The van der Waals surface area contributed by atoms with Gasteiger partial charge in [0, 0.05) is 23.2 Å². The van der Waals surface area contributed by atoms with Crippen LogP contribution in [0.1, 0.15) is 50.0 Å². The molecule has 8 nitrogen and oxygen atoms in total. The third kappa shape index (κ3) is 5.89. The van der Waals surface area contributed by atoms with Gasteiger partial charge in [0.15, 0.2) is 0 Å². The predicted molar refractivity (Wildman–Crippen MR) is 112 cm³/mol. The van der Waals surface area contributed by atoms with Crippen molar-refractivity contribution in [2.45, 2.75) is 75.0 Å². The van der Waals surface area contributed by atoms with Crippen molar-refractivity contribution in [3.63, 3.8) is 0 Å². The topological polar surface area (TPSA) is 109 Å². The van der Waals surface area contributed by atoms with Crippen molar-refractivity contribution < 1.29 is 37.3 Å². The molecule has 182 valence electrons. The largest absolute Gasteiger partial charge is 0.487 e. The van der Waals surface area contributed by atoms with Gasteiger partial charge >= 0.3 is 12.2 Å². The second kappa shape index (κ2) is 9.76. The Morgan fingerprint density at radius 3 is 2.64 bits per heavy atom. The summed E-state index contributed by atoms with van der Waals surface area (Å²) in [5.41, 5.74) is 1.39. The Bertz CT molecular complexity index is 875. The summed E-state index contributed by atoms with van der Waals surface area (Å²) in [6.45, 7) is -1.76. The summed E-state index contributed by atoms with van der Waals surface area (Å²) in [7, 11) is 0. The third-order valence-electron chi connectivity index (χ3n) is 6.35. The van der Waals surface area contributed by atoms with Gasteiger partial charge in [-0.3, -0.25) is 4.79 Å². The Kier molecular flexibility index (Phi) is 6.99. The molecule has 1 saturated heterocycles. The Morgan fingerprint density at radius 1 is 1.18 bits per heavy atom. The lowest BCUT2D eigenvalue weighted by Gasteiger charge is -2.37. The molecule has 2 heterocycles. The fourth-order valence-electron chi connectivity index (χ4n) is 4.87. The zero-order valence-corrected chi connectivity index (χ0v) is 18.0. The maximum atomic E-state index is 12.4. The number of carbonyl (C=O) groups is 2. The van der Waals surface area contributed by atoms with Gasteiger partial charge in [0.1, 0.15) is 24.5 Å². The Morgan fingerprint density at radius 2 is 1.94 bits per heavy atom. The summed E-state index contributed by atoms with van der Waals surface area (Å²) in [6, 6.07) is 5.16. The minimum absolute atomic E-state index is 0.178. The van der Waals surface area contributed by atoms with E-state index in [1.54, 1.807) is 18.2 Å². The van der Waals surface area contributed by atoms with Crippen LogP contribution < -0.4 is 20.7 Å². The van der Waals surface area contributed by atoms with Crippen LogP contribution in [-0.2, 0) is 9.53 Å². The maximum absolute atomic E-state index is 12.4. The monoisotopic (exact) mass is 471 g/mol. The minimum atomic E-state index is -4.49. The summed E-state index contributed by atoms with van der Waals surface area (Å²) in [5.74, 6) is -0.410. The van der Waals surface area contributed by atoms with E-state index in [1.165, 1.54) is 0 Å². The lowest BCUT2D eigenvalue weighted by molar-refractivity contribution is -0.149. The molecule has 0 radical (unpaired) electrons. The average molecular weight is 471 g/mol. The van der Waals surface area contributed by atoms with Crippen molar-refractivity contribution in [3.05, 3.63) is 23.8 Å². The Hall–Kier alpha value is -2.53. The summed E-state index contributed by atoms with van der Waals surface area (Å²) in [4.78, 5) is 24.3. The summed E-state index contributed by atoms with van der Waals surface area (Å²) >= 11 is 0. The first-order chi connectivity index (χ1) is 15.7. The molecule has 2 aliphatic heterocycles. The van der Waals surface area contributed by atoms with Crippen LogP contribution in [0, 0.1) is 0 Å². The number of urea groups is 1. The van der Waals surface area contributed by atoms with E-state index in [0.717, 1.165) is 31.2 Å². The number of alkyl halides is 3. The van der Waals surface area contributed by atoms with Gasteiger partial charge < -0.3 is 30.5 Å². The standard InChI is InChI=1S/C22H28F3N3O5/c23-22(24,25)11-26-19(30)9-14-8-16-15-7-13(28-21(31)27-12-3-1-2-4-12)5-6-17(15)33-20(16)18(10-29)32-14/h5-7,12,14,16,18,20,29H,1-4,8-11H2,(H,26,30)(H2,27,28,31)/t14-,16-,18-,20+/m0/s1. The molecular formula is C22H28F3N3O5. The van der Waals surface area contributed by atoms with Gasteiger partial charge in [-0.05, 0) is 37.5 Å². The first kappa shape index (κ1) is 23.6. The second-order valence-corrected chi connectivity index (χ2v) is 8.83. The quantitative estimate of drug-likeness (QED) is 0.510. The lowest BCUT2D eigenvalue weighted by atomic mass is 9.84. The van der Waals surface area contributed by atoms with E-state index < -0.39 is 36.9 Å². The smallest absolute Gasteiger partial charge is 0.405 e. The number of aliphatic hydroxyl groups is 1. The van der Waals surface area contributed by atoms with Crippen molar-refractivity contribution in [2.24, 2.45) is 0 Å². The molecule has 1 aromatic rings. The number of amides is 3. The summed E-state index contributed by atoms with van der Waals surface area (Å²) < 4.78 is 48.8. The summed E-state index contributed by atoms with van der Waals surface area (Å²) in [6.07, 6.45) is -2.15. The van der Waals surface area contributed by atoms with Crippen LogP contribution in [0.5, 0.6) is 5.75 Å². The number of benzene rings is 1. The number of nitrogens with one attached hydrogen (secondary N) is 3. The molecule has 11 heteroatoms. The van der Waals surface area contributed by atoms with E-state index in [4.69, 9.17) is 9.47 Å². The predicted octanol–water partition coefficient (Wildman–Crippen LogP) is 2.81. The molecule has 2 fully saturated rings. The molecule has 4 N–H and O–H groups in total. The highest BCUT2D eigenvalue weighted by Gasteiger charge is 2.46. The van der Waals surface area contributed by atoms with Crippen molar-refractivity contribution >= 4 is 17.6 Å². The number of rotatable bonds is 6. The minimum Gasteiger partial charge on any atom is -0.487 e. The van der Waals surface area contributed by atoms with Crippen LogP contribution in [0.4, 0.5) is 23.7 Å². The van der Waals surface area contributed by atoms with Crippen LogP contribution in [0.2, 0.25) is 0 Å². The zero-order valence-electron chi connectivity index (χ0n) is 18.0. The number of hydrogen-bond donors (Lipinski definition) is 4. The number of ether oxygens (including phenoxy) is 2. The molecule has 0 aromatic heterocycles. The van der Waals surface area contributed by atoms with Crippen molar-refractivity contribution in [1.29, 1.82) is 0 Å². The van der Waals surface area contributed by atoms with Gasteiger partial charge in [-0.2, -0.15) is 13.2 Å². The summed E-state index contributed by atoms with van der Waals surface area (Å²) in [5, 5.41) is 17.4. The molecule has 3 aliphatic rings. The van der Waals surface area contributed by atoms with E-state index >= 15 is 0 Å². The molecule has 33 heavy (non-hydrogen) atoms. The van der Waals surface area contributed by atoms with Crippen LogP contribution in [0.3, 0.4) is 0 Å². The molecule has 1 saturated carbocycles. The molecular weight excluding hydrogens is 443 g/mol. The van der Waals surface area contributed by atoms with Crippen molar-refractivity contribution in [1.82, 2.24) is 10.6 Å². The Labute approximate surface area is 189 Å². The number of hydrogen-bond acceptors (Lipinski definition) is 5. The molecule has 4 atom stereocenters. The number of anilines is 1. The van der Waals surface area contributed by atoms with Gasteiger partial charge in [-0.25, -0.2) is 4.79 Å². The highest BCUT2D eigenvalue weighted by Crippen LogP contribution is 2.47. The first-order valence-corrected chi connectivity index (χ1v) is 11.2. The molecule has 0 bridgehead atoms. The highest BCUT2D eigenvalue weighted by atomic mass is 19.4. The van der Waals surface area contributed by atoms with E-state index in [1.807, 2.05) is 5.32 Å². The van der Waals surface area contributed by atoms with Gasteiger partial charge in [-0.1, -0.05) is 12.8 Å². The van der Waals surface area contributed by atoms with E-state index in [9.17, 15) is 27.9 Å². The van der Waals surface area contributed by atoms with Crippen molar-refractivity contribution in [3.8, 4) is 5.75 Å². The van der Waals surface area contributed by atoms with Crippen molar-refractivity contribution in [2.75, 3.05) is 18.5 Å². The van der Waals surface area contributed by atoms with E-state index in [-0.39, 0.29) is 31.0 Å². The molecule has 1 aliphatic carbocycles. The highest BCUT2D eigenvalue weighted by molar-refractivity contribution is 5.89. The fourth-order valence-corrected chi connectivity index (χ4v) is 4.87. The van der Waals surface area contributed by atoms with Gasteiger partial charge in [0.2, 0.25) is 5.91 Å². The zero-order chi connectivity index (χ0) is 23.6. The molecule has 1 aromatic carbocycles. The molecule has 3 amide bonds. The van der Waals surface area contributed by atoms with Crippen LogP contribution in [0.15, 0.2) is 18.2 Å². The van der Waals surface area contributed by atoms with Crippen LogP contribution in [0.25, 0.3) is 0 Å². The van der Waals surface area contributed by atoms with Gasteiger partial charge in [0.25, 0.3) is 0 Å². The second-order valence-electron chi connectivity index (χ2n) is 8.83. The normalized spacial score (nSPS) is 26.8. The first-order valence-electron chi connectivity index (χ1n) is 11.2.